The van der Waals surface area contributed by atoms with Crippen LogP contribution >= 0.6 is 0 Å². The van der Waals surface area contributed by atoms with Gasteiger partial charge in [-0.3, -0.25) is 19.2 Å². The van der Waals surface area contributed by atoms with E-state index < -0.39 is 0 Å². The van der Waals surface area contributed by atoms with E-state index in [4.69, 9.17) is 9.47 Å². The van der Waals surface area contributed by atoms with E-state index in [0.29, 0.717) is 50.4 Å². The highest BCUT2D eigenvalue weighted by Gasteiger charge is 2.14. The van der Waals surface area contributed by atoms with Crippen molar-refractivity contribution >= 4 is 23.1 Å². The first-order valence-corrected chi connectivity index (χ1v) is 17.0. The summed E-state index contributed by atoms with van der Waals surface area (Å²) in [4.78, 5) is 49.1. The Morgan fingerprint density at radius 1 is 0.404 bits per heavy atom. The second kappa shape index (κ2) is 18.6. The maximum atomic E-state index is 12.6. The highest BCUT2D eigenvalue weighted by Crippen LogP contribution is 2.23. The van der Waals surface area contributed by atoms with Crippen molar-refractivity contribution in [2.75, 3.05) is 7.11 Å². The summed E-state index contributed by atoms with van der Waals surface area (Å²) >= 11 is 0. The molecular formula is C46H42O6. The van der Waals surface area contributed by atoms with E-state index >= 15 is 0 Å². The van der Waals surface area contributed by atoms with E-state index in [1.165, 1.54) is 12.5 Å². The molecule has 0 amide bonds. The lowest BCUT2D eigenvalue weighted by molar-refractivity contribution is 0.101. The summed E-state index contributed by atoms with van der Waals surface area (Å²) in [6.45, 7) is 9.50. The third kappa shape index (κ3) is 10.3. The zero-order valence-electron chi connectivity index (χ0n) is 30.3. The minimum Gasteiger partial charge on any atom is -0.497 e. The lowest BCUT2D eigenvalue weighted by Crippen LogP contribution is -2.06. The van der Waals surface area contributed by atoms with Crippen molar-refractivity contribution in [2.45, 2.75) is 34.6 Å². The molecule has 0 aromatic heterocycles. The number of carbonyl (C=O) groups excluding carboxylic acids is 4. The van der Waals surface area contributed by atoms with Gasteiger partial charge < -0.3 is 9.47 Å². The van der Waals surface area contributed by atoms with Crippen LogP contribution in [0.25, 0.3) is 0 Å². The number of hydrogen-bond donors (Lipinski definition) is 0. The lowest BCUT2D eigenvalue weighted by Gasteiger charge is -2.07. The minimum absolute atomic E-state index is 0.0170. The number of carbonyl (C=O) groups is 4. The molecule has 0 aliphatic carbocycles. The average molecular weight is 691 g/mol. The number of Topliss-reactive ketones (excluding diaryl/α,β-unsaturated/α-hetero) is 1. The number of ketones is 4. The molecule has 0 saturated heterocycles. The predicted octanol–water partition coefficient (Wildman–Crippen LogP) is 10.7. The SMILES string of the molecule is CC.CC(=O)c1ccc(C(=O)c2ccc(Oc3ccc(C)cc3)cc2)cc1.COc1ccc(C(=O)c2cccc(C(=O)c3ccc(C)cc3)c2)cc1. The first-order chi connectivity index (χ1) is 25.1. The van der Waals surface area contributed by atoms with Gasteiger partial charge in [-0.2, -0.15) is 0 Å². The number of ether oxygens (including phenoxy) is 2. The molecule has 6 nitrogen and oxygen atoms in total. The van der Waals surface area contributed by atoms with Crippen LogP contribution in [0.5, 0.6) is 17.2 Å². The first-order valence-electron chi connectivity index (χ1n) is 17.0. The second-order valence-electron chi connectivity index (χ2n) is 11.7. The maximum Gasteiger partial charge on any atom is 0.193 e. The van der Waals surface area contributed by atoms with Crippen LogP contribution in [0.3, 0.4) is 0 Å². The van der Waals surface area contributed by atoms with Gasteiger partial charge in [0.05, 0.1) is 7.11 Å². The van der Waals surface area contributed by atoms with Gasteiger partial charge in [0.2, 0.25) is 0 Å². The van der Waals surface area contributed by atoms with Gasteiger partial charge in [0, 0.05) is 38.9 Å². The van der Waals surface area contributed by atoms with Crippen molar-refractivity contribution < 1.29 is 28.7 Å². The molecule has 0 heterocycles. The standard InChI is InChI=1S/2C22H18O3.C2H6/c1-15-3-11-20(12-4-15)25-21-13-9-19(10-14-21)22(24)18-7-5-17(6-8-18)16(2)23;1-15-6-8-16(9-7-15)21(23)18-4-3-5-19(14-18)22(24)17-10-12-20(25-2)13-11-17;1-2/h2*3-14H,1-2H3;1-2H3. The summed E-state index contributed by atoms with van der Waals surface area (Å²) < 4.78 is 10.9. The van der Waals surface area contributed by atoms with E-state index in [-0.39, 0.29) is 23.1 Å². The molecule has 0 fully saturated rings. The van der Waals surface area contributed by atoms with Crippen LogP contribution in [0.1, 0.15) is 90.0 Å². The average Bonchev–Trinajstić information content (AvgIpc) is 3.19. The molecule has 262 valence electrons. The van der Waals surface area contributed by atoms with Crippen LogP contribution in [-0.2, 0) is 0 Å². The summed E-state index contributed by atoms with van der Waals surface area (Å²) in [7, 11) is 1.58. The highest BCUT2D eigenvalue weighted by atomic mass is 16.5. The molecule has 0 bridgehead atoms. The molecule has 0 aliphatic heterocycles. The Morgan fingerprint density at radius 3 is 1.12 bits per heavy atom. The third-order valence-electron chi connectivity index (χ3n) is 7.98. The summed E-state index contributed by atoms with van der Waals surface area (Å²) in [5, 5.41) is 0. The number of methoxy groups -OCH3 is 1. The Hall–Kier alpha value is -6.40. The van der Waals surface area contributed by atoms with E-state index in [9.17, 15) is 19.2 Å². The summed E-state index contributed by atoms with van der Waals surface area (Å²) in [6, 6.07) is 42.7. The Labute approximate surface area is 305 Å². The lowest BCUT2D eigenvalue weighted by atomic mass is 9.97. The predicted molar refractivity (Wildman–Crippen MR) is 206 cm³/mol. The van der Waals surface area contributed by atoms with Crippen molar-refractivity contribution in [3.8, 4) is 17.2 Å². The molecule has 6 aromatic rings. The van der Waals surface area contributed by atoms with Crippen LogP contribution in [-0.4, -0.2) is 30.2 Å². The summed E-state index contributed by atoms with van der Waals surface area (Å²) in [5.41, 5.74) is 6.15. The second-order valence-corrected chi connectivity index (χ2v) is 11.7. The largest absolute Gasteiger partial charge is 0.497 e. The van der Waals surface area contributed by atoms with Gasteiger partial charge in [0.15, 0.2) is 23.1 Å². The third-order valence-corrected chi connectivity index (χ3v) is 7.98. The van der Waals surface area contributed by atoms with E-state index in [2.05, 4.69) is 0 Å². The fourth-order valence-electron chi connectivity index (χ4n) is 5.02. The van der Waals surface area contributed by atoms with Crippen molar-refractivity contribution in [1.29, 1.82) is 0 Å². The smallest absolute Gasteiger partial charge is 0.193 e. The molecule has 0 atom stereocenters. The molecule has 52 heavy (non-hydrogen) atoms. The topological polar surface area (TPSA) is 86.7 Å². The van der Waals surface area contributed by atoms with Gasteiger partial charge in [0.1, 0.15) is 17.2 Å². The molecular weight excluding hydrogens is 649 g/mol. The van der Waals surface area contributed by atoms with Gasteiger partial charge >= 0.3 is 0 Å². The first kappa shape index (κ1) is 38.4. The van der Waals surface area contributed by atoms with Gasteiger partial charge in [-0.25, -0.2) is 0 Å². The minimum atomic E-state index is -0.124. The van der Waals surface area contributed by atoms with Gasteiger partial charge in [0.25, 0.3) is 0 Å². The molecule has 0 aliphatic rings. The van der Waals surface area contributed by atoms with Gasteiger partial charge in [-0.1, -0.05) is 104 Å². The van der Waals surface area contributed by atoms with Crippen LogP contribution in [0.2, 0.25) is 0 Å². The zero-order chi connectivity index (χ0) is 37.6. The van der Waals surface area contributed by atoms with Crippen molar-refractivity contribution in [2.24, 2.45) is 0 Å². The Bertz CT molecular complexity index is 2110. The number of benzene rings is 6. The maximum absolute atomic E-state index is 12.6. The molecule has 6 rings (SSSR count). The Morgan fingerprint density at radius 2 is 0.712 bits per heavy atom. The summed E-state index contributed by atoms with van der Waals surface area (Å²) in [5.74, 6) is 1.80. The number of aryl methyl sites for hydroxylation is 2. The van der Waals surface area contributed by atoms with E-state index in [1.54, 1.807) is 116 Å². The normalized spacial score (nSPS) is 10.0. The van der Waals surface area contributed by atoms with Crippen LogP contribution in [0, 0.1) is 13.8 Å². The zero-order valence-corrected chi connectivity index (χ0v) is 30.3. The van der Waals surface area contributed by atoms with E-state index in [1.807, 2.05) is 64.1 Å². The number of hydrogen-bond acceptors (Lipinski definition) is 6. The molecule has 0 saturated carbocycles. The van der Waals surface area contributed by atoms with E-state index in [0.717, 1.165) is 11.3 Å². The molecule has 0 spiro atoms. The van der Waals surface area contributed by atoms with Gasteiger partial charge in [-0.15, -0.1) is 0 Å². The summed E-state index contributed by atoms with van der Waals surface area (Å²) in [6.07, 6.45) is 0. The Balaban J connectivity index is 0.000000222. The fourth-order valence-corrected chi connectivity index (χ4v) is 5.02. The molecule has 0 N–H and O–H groups in total. The molecule has 0 radical (unpaired) electrons. The fraction of sp³-hybridized carbons (Fsp3) is 0.130. The van der Waals surface area contributed by atoms with Crippen molar-refractivity contribution in [3.05, 3.63) is 196 Å². The molecule has 6 heteroatoms. The van der Waals surface area contributed by atoms with Crippen molar-refractivity contribution in [3.63, 3.8) is 0 Å². The molecule has 0 unspecified atom stereocenters. The Kier molecular flexibility index (Phi) is 13.7. The monoisotopic (exact) mass is 690 g/mol. The number of rotatable bonds is 10. The highest BCUT2D eigenvalue weighted by molar-refractivity contribution is 6.13. The molecule has 6 aromatic carbocycles. The van der Waals surface area contributed by atoms with Crippen molar-refractivity contribution in [1.82, 2.24) is 0 Å². The van der Waals surface area contributed by atoms with Crippen LogP contribution in [0.4, 0.5) is 0 Å². The quantitative estimate of drug-likeness (QED) is 0.133. The van der Waals surface area contributed by atoms with Crippen LogP contribution < -0.4 is 9.47 Å². The van der Waals surface area contributed by atoms with Gasteiger partial charge in [-0.05, 0) is 87.5 Å². The van der Waals surface area contributed by atoms with Crippen LogP contribution in [0.15, 0.2) is 146 Å².